The summed E-state index contributed by atoms with van der Waals surface area (Å²) in [7, 11) is 0. The number of hydrogen-bond donors (Lipinski definition) is 0. The third kappa shape index (κ3) is 3.60. The summed E-state index contributed by atoms with van der Waals surface area (Å²) in [6, 6.07) is 0. The molecule has 24 heavy (non-hydrogen) atoms. The molecule has 0 aromatic carbocycles. The van der Waals surface area contributed by atoms with Gasteiger partial charge in [-0.05, 0) is 0 Å². The lowest BCUT2D eigenvalue weighted by Gasteiger charge is -2.41. The van der Waals surface area contributed by atoms with Crippen LogP contribution in [0.5, 0.6) is 0 Å². The Balaban J connectivity index is 6.84. The third-order valence-corrected chi connectivity index (χ3v) is 2.49. The van der Waals surface area contributed by atoms with E-state index >= 15 is 0 Å². The van der Waals surface area contributed by atoms with Crippen molar-refractivity contribution < 1.29 is 70.2 Å². The molecular formula is C8HF16. The molecule has 0 spiro atoms. The van der Waals surface area contributed by atoms with Crippen LogP contribution in [0.1, 0.15) is 0 Å². The summed E-state index contributed by atoms with van der Waals surface area (Å²) < 4.78 is 196. The Labute approximate surface area is 120 Å². The average molecular weight is 401 g/mol. The Morgan fingerprint density at radius 3 is 0.958 bits per heavy atom. The highest BCUT2D eigenvalue weighted by molar-refractivity contribution is 5.16. The van der Waals surface area contributed by atoms with E-state index in [2.05, 4.69) is 0 Å². The molecule has 0 aromatic heterocycles. The highest BCUT2D eigenvalue weighted by Crippen LogP contribution is 2.62. The second-order valence-corrected chi connectivity index (χ2v) is 4.11. The van der Waals surface area contributed by atoms with Gasteiger partial charge < -0.3 is 0 Å². The zero-order valence-electron chi connectivity index (χ0n) is 10.1. The van der Waals surface area contributed by atoms with Gasteiger partial charge in [-0.25, -0.2) is 8.78 Å². The lowest BCUT2D eigenvalue weighted by atomic mass is 9.78. The van der Waals surface area contributed by atoms with Gasteiger partial charge >= 0.3 is 36.3 Å². The summed E-state index contributed by atoms with van der Waals surface area (Å²) in [5.74, 6) is -14.4. The average Bonchev–Trinajstić information content (AvgIpc) is 2.22. The minimum absolute atomic E-state index is 5.14. The number of alkyl halides is 15. The van der Waals surface area contributed by atoms with Crippen molar-refractivity contribution >= 4 is 0 Å². The molecule has 0 amide bonds. The van der Waals surface area contributed by atoms with Crippen molar-refractivity contribution in [2.45, 2.75) is 36.3 Å². The van der Waals surface area contributed by atoms with Crippen molar-refractivity contribution in [2.24, 2.45) is 5.92 Å². The molecular weight excluding hydrogens is 400 g/mol. The highest BCUT2D eigenvalue weighted by atomic mass is 19.4. The molecule has 0 bridgehead atoms. The summed E-state index contributed by atoms with van der Waals surface area (Å²) in [6.07, 6.45) is -35.5. The summed E-state index contributed by atoms with van der Waals surface area (Å²) in [4.78, 5) is 0. The van der Waals surface area contributed by atoms with E-state index in [1.54, 1.807) is 0 Å². The molecule has 0 aliphatic rings. The maximum absolute atomic E-state index is 13.3. The maximum atomic E-state index is 13.3. The van der Waals surface area contributed by atoms with Gasteiger partial charge in [-0.3, -0.25) is 0 Å². The van der Waals surface area contributed by atoms with Crippen LogP contribution in [0.4, 0.5) is 70.2 Å². The molecule has 1 radical (unpaired) electrons. The molecule has 0 aliphatic heterocycles. The molecule has 0 heterocycles. The predicted molar refractivity (Wildman–Crippen MR) is 40.8 cm³/mol. The molecule has 0 aromatic rings. The number of hydrogen-bond acceptors (Lipinski definition) is 0. The molecule has 1 unspecified atom stereocenters. The van der Waals surface area contributed by atoms with Gasteiger partial charge in [0.05, 0.1) is 0 Å². The molecule has 0 rings (SSSR count). The van der Waals surface area contributed by atoms with Crippen LogP contribution in [-0.4, -0.2) is 36.3 Å². The van der Waals surface area contributed by atoms with Crippen molar-refractivity contribution in [3.8, 4) is 0 Å². The van der Waals surface area contributed by atoms with Crippen LogP contribution in [0.2, 0.25) is 0 Å². The SMILES string of the molecule is F[C](C(C(F)(F)C(F)(F)F)C(F)(C(F)(F)F)C(F)(F)F)C(F)(F)F. The van der Waals surface area contributed by atoms with Crippen molar-refractivity contribution in [1.82, 2.24) is 0 Å². The topological polar surface area (TPSA) is 0 Å². The standard InChI is InChI=1S/C8HF16/c9-2(5(13,14)15)1(4(11,12)8(22,23)24)3(10,6(16,17)18)7(19,20)21/h1H. The highest BCUT2D eigenvalue weighted by Gasteiger charge is 2.87. The molecule has 145 valence electrons. The fourth-order valence-corrected chi connectivity index (χ4v) is 1.40. The monoisotopic (exact) mass is 401 g/mol. The van der Waals surface area contributed by atoms with Crippen LogP contribution in [-0.2, 0) is 0 Å². The van der Waals surface area contributed by atoms with Crippen molar-refractivity contribution in [3.05, 3.63) is 6.17 Å². The second-order valence-electron chi connectivity index (χ2n) is 4.11. The van der Waals surface area contributed by atoms with Crippen LogP contribution in [0, 0.1) is 12.1 Å². The van der Waals surface area contributed by atoms with Crippen LogP contribution >= 0.6 is 0 Å². The largest absolute Gasteiger partial charge is 0.453 e. The molecule has 0 fully saturated rings. The zero-order chi connectivity index (χ0) is 20.2. The van der Waals surface area contributed by atoms with Crippen LogP contribution in [0.25, 0.3) is 0 Å². The van der Waals surface area contributed by atoms with Crippen LogP contribution < -0.4 is 0 Å². The first kappa shape index (κ1) is 22.9. The summed E-state index contributed by atoms with van der Waals surface area (Å²) in [6.45, 7) is 0. The first-order valence-corrected chi connectivity index (χ1v) is 4.89. The fourth-order valence-electron chi connectivity index (χ4n) is 1.40. The molecule has 1 atom stereocenters. The summed E-state index contributed by atoms with van der Waals surface area (Å²) in [5.41, 5.74) is -7.89. The van der Waals surface area contributed by atoms with Crippen molar-refractivity contribution in [1.29, 1.82) is 0 Å². The fraction of sp³-hybridized carbons (Fsp3) is 0.875. The van der Waals surface area contributed by atoms with E-state index in [0.717, 1.165) is 0 Å². The predicted octanol–water partition coefficient (Wildman–Crippen LogP) is 5.70. The molecule has 0 N–H and O–H groups in total. The normalized spacial score (nSPS) is 17.4. The van der Waals surface area contributed by atoms with E-state index in [-0.39, 0.29) is 0 Å². The van der Waals surface area contributed by atoms with E-state index in [0.29, 0.717) is 0 Å². The van der Waals surface area contributed by atoms with E-state index in [1.807, 2.05) is 0 Å². The van der Waals surface area contributed by atoms with Gasteiger partial charge in [0, 0.05) is 0 Å². The van der Waals surface area contributed by atoms with Crippen molar-refractivity contribution in [2.75, 3.05) is 0 Å². The Bertz CT molecular complexity index is 417. The van der Waals surface area contributed by atoms with Gasteiger partial charge in [-0.1, -0.05) is 0 Å². The van der Waals surface area contributed by atoms with E-state index in [1.165, 1.54) is 0 Å². The summed E-state index contributed by atoms with van der Waals surface area (Å²) in [5, 5.41) is 0. The van der Waals surface area contributed by atoms with Crippen molar-refractivity contribution in [3.63, 3.8) is 0 Å². The summed E-state index contributed by atoms with van der Waals surface area (Å²) >= 11 is 0. The number of rotatable bonds is 3. The Kier molecular flexibility index (Phi) is 5.44. The lowest BCUT2D eigenvalue weighted by molar-refractivity contribution is -0.406. The second kappa shape index (κ2) is 5.71. The van der Waals surface area contributed by atoms with Gasteiger partial charge in [0.1, 0.15) is 5.92 Å². The molecule has 16 heteroatoms. The van der Waals surface area contributed by atoms with Gasteiger partial charge in [0.25, 0.3) is 6.17 Å². The van der Waals surface area contributed by atoms with Gasteiger partial charge in [-0.2, -0.15) is 61.5 Å². The quantitative estimate of drug-likeness (QED) is 0.533. The van der Waals surface area contributed by atoms with Gasteiger partial charge in [-0.15, -0.1) is 0 Å². The third-order valence-electron chi connectivity index (χ3n) is 2.49. The molecule has 0 saturated heterocycles. The minimum atomic E-state index is -7.89. The maximum Gasteiger partial charge on any atom is 0.453 e. The van der Waals surface area contributed by atoms with E-state index in [4.69, 9.17) is 0 Å². The van der Waals surface area contributed by atoms with Crippen LogP contribution in [0.15, 0.2) is 0 Å². The minimum Gasteiger partial charge on any atom is -0.229 e. The Morgan fingerprint density at radius 2 is 0.792 bits per heavy atom. The number of halogens is 16. The Morgan fingerprint density at radius 1 is 0.500 bits per heavy atom. The lowest BCUT2D eigenvalue weighted by Crippen LogP contribution is -2.67. The Hall–Kier alpha value is -1.12. The van der Waals surface area contributed by atoms with Crippen LogP contribution in [0.3, 0.4) is 0 Å². The van der Waals surface area contributed by atoms with Gasteiger partial charge in [0.15, 0.2) is 0 Å². The molecule has 0 saturated carbocycles. The molecule has 0 nitrogen and oxygen atoms in total. The molecule has 0 aliphatic carbocycles. The smallest absolute Gasteiger partial charge is 0.229 e. The first-order valence-electron chi connectivity index (χ1n) is 4.89. The van der Waals surface area contributed by atoms with E-state index in [9.17, 15) is 70.2 Å². The zero-order valence-corrected chi connectivity index (χ0v) is 10.1. The van der Waals surface area contributed by atoms with E-state index < -0.39 is 48.4 Å². The van der Waals surface area contributed by atoms with Gasteiger partial charge in [0.2, 0.25) is 0 Å². The first-order chi connectivity index (χ1) is 10.0.